The average Bonchev–Trinajstić information content (AvgIpc) is 2.75. The lowest BCUT2D eigenvalue weighted by Crippen LogP contribution is -2.32. The van der Waals surface area contributed by atoms with Crippen LogP contribution in [0.1, 0.15) is 25.7 Å². The summed E-state index contributed by atoms with van der Waals surface area (Å²) < 4.78 is 1.40. The first kappa shape index (κ1) is 14.0. The van der Waals surface area contributed by atoms with Gasteiger partial charge < -0.3 is 10.4 Å². The number of nitrogens with one attached hydrogen (secondary N) is 1. The second kappa shape index (κ2) is 6.63. The van der Waals surface area contributed by atoms with Gasteiger partial charge in [-0.15, -0.1) is 0 Å². The summed E-state index contributed by atoms with van der Waals surface area (Å²) in [6.07, 6.45) is 7.13. The van der Waals surface area contributed by atoms with E-state index >= 15 is 0 Å². The zero-order valence-electron chi connectivity index (χ0n) is 10.9. The first-order valence-corrected chi connectivity index (χ1v) is 6.71. The topological polar surface area (TPSA) is 93.2 Å². The maximum absolute atomic E-state index is 10.5. The molecular weight excluding hydrogens is 248 g/mol. The molecule has 7 nitrogen and oxygen atoms in total. The van der Waals surface area contributed by atoms with Crippen molar-refractivity contribution in [2.75, 3.05) is 13.1 Å². The molecule has 1 unspecified atom stereocenters. The number of aromatic nitrogens is 2. The first-order chi connectivity index (χ1) is 9.15. The average molecular weight is 268 g/mol. The van der Waals surface area contributed by atoms with E-state index in [9.17, 15) is 15.2 Å². The number of hydrogen-bond donors (Lipinski definition) is 2. The molecule has 1 atom stereocenters. The maximum atomic E-state index is 10.5. The van der Waals surface area contributed by atoms with Crippen molar-refractivity contribution in [3.05, 3.63) is 22.5 Å². The molecule has 0 aliphatic heterocycles. The van der Waals surface area contributed by atoms with Crippen molar-refractivity contribution in [1.29, 1.82) is 0 Å². The van der Waals surface area contributed by atoms with Gasteiger partial charge in [-0.25, -0.2) is 0 Å². The molecule has 1 aromatic rings. The number of hydrogen-bond acceptors (Lipinski definition) is 5. The highest BCUT2D eigenvalue weighted by molar-refractivity contribution is 5.20. The van der Waals surface area contributed by atoms with E-state index in [1.165, 1.54) is 42.8 Å². The van der Waals surface area contributed by atoms with Crippen molar-refractivity contribution in [3.63, 3.8) is 0 Å². The van der Waals surface area contributed by atoms with Crippen LogP contribution < -0.4 is 5.32 Å². The molecule has 1 aliphatic rings. The summed E-state index contributed by atoms with van der Waals surface area (Å²) in [5.74, 6) is 0.860. The Morgan fingerprint density at radius 2 is 2.42 bits per heavy atom. The molecule has 0 amide bonds. The highest BCUT2D eigenvalue weighted by Gasteiger charge is 2.16. The molecule has 2 N–H and O–H groups in total. The monoisotopic (exact) mass is 268 g/mol. The number of nitro groups is 1. The number of rotatable bonds is 8. The minimum Gasteiger partial charge on any atom is -0.390 e. The Balaban J connectivity index is 1.62. The van der Waals surface area contributed by atoms with Crippen molar-refractivity contribution in [3.8, 4) is 0 Å². The van der Waals surface area contributed by atoms with Gasteiger partial charge in [-0.05, 0) is 18.9 Å². The van der Waals surface area contributed by atoms with E-state index in [2.05, 4.69) is 10.4 Å². The summed E-state index contributed by atoms with van der Waals surface area (Å²) in [6.45, 7) is 1.67. The van der Waals surface area contributed by atoms with Gasteiger partial charge in [0.05, 0.1) is 17.6 Å². The van der Waals surface area contributed by atoms with Crippen LogP contribution in [0, 0.1) is 16.0 Å². The van der Waals surface area contributed by atoms with E-state index < -0.39 is 11.0 Å². The largest absolute Gasteiger partial charge is 0.390 e. The molecule has 2 rings (SSSR count). The van der Waals surface area contributed by atoms with E-state index in [-0.39, 0.29) is 12.2 Å². The number of nitrogens with zero attached hydrogens (tertiary/aromatic N) is 3. The molecule has 0 bridgehead atoms. The summed E-state index contributed by atoms with van der Waals surface area (Å²) in [5.41, 5.74) is -0.0508. The Bertz CT molecular complexity index is 417. The lowest BCUT2D eigenvalue weighted by Gasteiger charge is -2.25. The Kier molecular flexibility index (Phi) is 4.86. The summed E-state index contributed by atoms with van der Waals surface area (Å²) in [7, 11) is 0. The first-order valence-electron chi connectivity index (χ1n) is 6.71. The van der Waals surface area contributed by atoms with E-state index in [4.69, 9.17) is 0 Å². The Labute approximate surface area is 111 Å². The van der Waals surface area contributed by atoms with E-state index in [1.807, 2.05) is 0 Å². The van der Waals surface area contributed by atoms with E-state index in [0.29, 0.717) is 6.54 Å². The van der Waals surface area contributed by atoms with Gasteiger partial charge in [0, 0.05) is 6.54 Å². The minimum atomic E-state index is -0.583. The number of aliphatic hydroxyl groups excluding tert-OH is 1. The van der Waals surface area contributed by atoms with Gasteiger partial charge in [-0.3, -0.25) is 14.8 Å². The minimum absolute atomic E-state index is 0.0508. The van der Waals surface area contributed by atoms with Crippen LogP contribution in [0.2, 0.25) is 0 Å². The molecule has 1 fully saturated rings. The lowest BCUT2D eigenvalue weighted by molar-refractivity contribution is -0.385. The van der Waals surface area contributed by atoms with Crippen LogP contribution in [-0.2, 0) is 6.54 Å². The van der Waals surface area contributed by atoms with Crippen LogP contribution in [0.15, 0.2) is 12.4 Å². The van der Waals surface area contributed by atoms with Crippen LogP contribution in [0.25, 0.3) is 0 Å². The van der Waals surface area contributed by atoms with Crippen molar-refractivity contribution >= 4 is 5.69 Å². The molecule has 19 heavy (non-hydrogen) atoms. The Morgan fingerprint density at radius 3 is 3.00 bits per heavy atom. The van der Waals surface area contributed by atoms with Gasteiger partial charge >= 0.3 is 5.69 Å². The van der Waals surface area contributed by atoms with Gasteiger partial charge in [-0.2, -0.15) is 5.10 Å². The van der Waals surface area contributed by atoms with Crippen LogP contribution in [0.3, 0.4) is 0 Å². The van der Waals surface area contributed by atoms with Crippen molar-refractivity contribution in [2.45, 2.75) is 38.3 Å². The van der Waals surface area contributed by atoms with Gasteiger partial charge in [0.2, 0.25) is 0 Å². The smallest absolute Gasteiger partial charge is 0.306 e. The van der Waals surface area contributed by atoms with Crippen LogP contribution in [0.4, 0.5) is 5.69 Å². The van der Waals surface area contributed by atoms with Gasteiger partial charge in [0.25, 0.3) is 0 Å². The molecular formula is C12H20N4O3. The van der Waals surface area contributed by atoms with E-state index in [1.54, 1.807) is 0 Å². The molecule has 0 saturated heterocycles. The van der Waals surface area contributed by atoms with Gasteiger partial charge in [0.15, 0.2) is 0 Å². The quantitative estimate of drug-likeness (QED) is 0.415. The third-order valence-electron chi connectivity index (χ3n) is 3.56. The normalized spacial score (nSPS) is 17.1. The third kappa shape index (κ3) is 4.29. The second-order valence-electron chi connectivity index (χ2n) is 5.12. The fraction of sp³-hybridized carbons (Fsp3) is 0.750. The Morgan fingerprint density at radius 1 is 1.63 bits per heavy atom. The number of aliphatic hydroxyl groups is 1. The van der Waals surface area contributed by atoms with Crippen molar-refractivity contribution in [1.82, 2.24) is 15.1 Å². The molecule has 7 heteroatoms. The zero-order chi connectivity index (χ0) is 13.7. The summed E-state index contributed by atoms with van der Waals surface area (Å²) in [4.78, 5) is 9.99. The van der Waals surface area contributed by atoms with Crippen LogP contribution in [0.5, 0.6) is 0 Å². The lowest BCUT2D eigenvalue weighted by atomic mass is 9.83. The van der Waals surface area contributed by atoms with Crippen molar-refractivity contribution < 1.29 is 10.0 Å². The van der Waals surface area contributed by atoms with Crippen LogP contribution >= 0.6 is 0 Å². The predicted molar refractivity (Wildman–Crippen MR) is 69.7 cm³/mol. The highest BCUT2D eigenvalue weighted by Crippen LogP contribution is 2.28. The van der Waals surface area contributed by atoms with Gasteiger partial charge in [0.1, 0.15) is 12.4 Å². The standard InChI is InChI=1S/C12H20N4O3/c17-12(7-13-5-4-10-2-1-3-10)9-15-8-11(6-14-15)16(18)19/h6,8,10,12-13,17H,1-5,7,9H2. The molecule has 0 aromatic carbocycles. The molecule has 1 heterocycles. The molecule has 0 spiro atoms. The highest BCUT2D eigenvalue weighted by atomic mass is 16.6. The van der Waals surface area contributed by atoms with E-state index in [0.717, 1.165) is 12.5 Å². The fourth-order valence-corrected chi connectivity index (χ4v) is 2.18. The molecule has 0 radical (unpaired) electrons. The summed E-state index contributed by atoms with van der Waals surface area (Å²) >= 11 is 0. The third-order valence-corrected chi connectivity index (χ3v) is 3.56. The molecule has 1 aromatic heterocycles. The maximum Gasteiger partial charge on any atom is 0.306 e. The fourth-order valence-electron chi connectivity index (χ4n) is 2.18. The molecule has 1 saturated carbocycles. The molecule has 106 valence electrons. The Hall–Kier alpha value is -1.47. The van der Waals surface area contributed by atoms with Gasteiger partial charge in [-0.1, -0.05) is 19.3 Å². The molecule has 1 aliphatic carbocycles. The summed E-state index contributed by atoms with van der Waals surface area (Å²) in [5, 5.41) is 27.3. The second-order valence-corrected chi connectivity index (χ2v) is 5.12. The van der Waals surface area contributed by atoms with Crippen molar-refractivity contribution in [2.24, 2.45) is 5.92 Å². The SMILES string of the molecule is O=[N+]([O-])c1cnn(CC(O)CNCCC2CCC2)c1. The van der Waals surface area contributed by atoms with Crippen LogP contribution in [-0.4, -0.2) is 39.0 Å². The summed E-state index contributed by atoms with van der Waals surface area (Å²) in [6, 6.07) is 0. The zero-order valence-corrected chi connectivity index (χ0v) is 10.9. The predicted octanol–water partition coefficient (Wildman–Crippen LogP) is 0.932.